The van der Waals surface area contributed by atoms with E-state index in [1.165, 1.54) is 0 Å². The van der Waals surface area contributed by atoms with Gasteiger partial charge in [-0.3, -0.25) is 4.79 Å². The molecule has 0 N–H and O–H groups in total. The Balaban J connectivity index is 2.33. The number of ether oxygens (including phenoxy) is 2. The molecule has 2 atom stereocenters. The van der Waals surface area contributed by atoms with Crippen LogP contribution in [0.4, 0.5) is 0 Å². The summed E-state index contributed by atoms with van der Waals surface area (Å²) in [5.74, 6) is -0.857. The SMILES string of the molecule is CCC(=O)/C=C/[C@]1(c2ccccc2)OCC[C@@H](C)O1. The van der Waals surface area contributed by atoms with Crippen LogP contribution in [0.15, 0.2) is 42.5 Å². The largest absolute Gasteiger partial charge is 0.343 e. The van der Waals surface area contributed by atoms with Crippen LogP contribution in [0.3, 0.4) is 0 Å². The average molecular weight is 260 g/mol. The summed E-state index contributed by atoms with van der Waals surface area (Å²) in [6.45, 7) is 4.49. The zero-order valence-electron chi connectivity index (χ0n) is 11.5. The fraction of sp³-hybridized carbons (Fsp3) is 0.438. The first-order valence-electron chi connectivity index (χ1n) is 6.75. The smallest absolute Gasteiger partial charge is 0.215 e. The standard InChI is InChI=1S/C16H20O3/c1-3-15(17)9-11-16(14-7-5-4-6-8-14)18-12-10-13(2)19-16/h4-9,11,13H,3,10,12H2,1-2H3/b11-9+/t13-,16+/m1/s1. The molecule has 0 bridgehead atoms. The van der Waals surface area contributed by atoms with Crippen molar-refractivity contribution >= 4 is 5.78 Å². The Labute approximate surface area is 114 Å². The number of benzene rings is 1. The molecule has 0 saturated carbocycles. The maximum atomic E-state index is 11.5. The van der Waals surface area contributed by atoms with E-state index in [4.69, 9.17) is 9.47 Å². The molecule has 1 aromatic carbocycles. The molecule has 1 aliphatic heterocycles. The van der Waals surface area contributed by atoms with Crippen molar-refractivity contribution in [2.45, 2.75) is 38.6 Å². The molecular weight excluding hydrogens is 240 g/mol. The van der Waals surface area contributed by atoms with Gasteiger partial charge in [-0.15, -0.1) is 0 Å². The van der Waals surface area contributed by atoms with Crippen molar-refractivity contribution < 1.29 is 14.3 Å². The van der Waals surface area contributed by atoms with E-state index in [2.05, 4.69) is 0 Å². The zero-order chi connectivity index (χ0) is 13.7. The van der Waals surface area contributed by atoms with Crippen LogP contribution in [-0.4, -0.2) is 18.5 Å². The maximum Gasteiger partial charge on any atom is 0.215 e. The van der Waals surface area contributed by atoms with E-state index in [1.807, 2.05) is 44.2 Å². The Morgan fingerprint density at radius 3 is 2.79 bits per heavy atom. The molecule has 0 aliphatic carbocycles. The molecule has 1 aromatic rings. The molecule has 1 fully saturated rings. The molecule has 0 unspecified atom stereocenters. The Bertz CT molecular complexity index is 452. The second kappa shape index (κ2) is 6.13. The summed E-state index contributed by atoms with van der Waals surface area (Å²) in [4.78, 5) is 11.5. The molecule has 1 heterocycles. The molecule has 1 aliphatic rings. The number of hydrogen-bond donors (Lipinski definition) is 0. The molecule has 19 heavy (non-hydrogen) atoms. The van der Waals surface area contributed by atoms with Gasteiger partial charge < -0.3 is 9.47 Å². The van der Waals surface area contributed by atoms with Crippen molar-refractivity contribution in [2.24, 2.45) is 0 Å². The molecule has 102 valence electrons. The number of carbonyl (C=O) groups is 1. The number of allylic oxidation sites excluding steroid dienone is 1. The highest BCUT2D eigenvalue weighted by Gasteiger charge is 2.36. The molecule has 0 aromatic heterocycles. The molecular formula is C16H20O3. The van der Waals surface area contributed by atoms with Gasteiger partial charge in [-0.1, -0.05) is 37.3 Å². The second-order valence-corrected chi connectivity index (χ2v) is 4.75. The van der Waals surface area contributed by atoms with Gasteiger partial charge >= 0.3 is 0 Å². The quantitative estimate of drug-likeness (QED) is 0.780. The van der Waals surface area contributed by atoms with Crippen molar-refractivity contribution in [3.05, 3.63) is 48.0 Å². The minimum atomic E-state index is -0.927. The number of ketones is 1. The van der Waals surface area contributed by atoms with Crippen LogP contribution in [0, 0.1) is 0 Å². The van der Waals surface area contributed by atoms with Gasteiger partial charge in [-0.2, -0.15) is 0 Å². The molecule has 2 rings (SSSR count). The monoisotopic (exact) mass is 260 g/mol. The first-order valence-corrected chi connectivity index (χ1v) is 6.75. The summed E-state index contributed by atoms with van der Waals surface area (Å²) >= 11 is 0. The van der Waals surface area contributed by atoms with Crippen molar-refractivity contribution in [2.75, 3.05) is 6.61 Å². The molecule has 1 saturated heterocycles. The normalized spacial score (nSPS) is 27.6. The summed E-state index contributed by atoms with van der Waals surface area (Å²) in [6, 6.07) is 9.75. The third-order valence-electron chi connectivity index (χ3n) is 3.23. The summed E-state index contributed by atoms with van der Waals surface area (Å²) in [5.41, 5.74) is 0.918. The zero-order valence-corrected chi connectivity index (χ0v) is 11.5. The number of rotatable bonds is 4. The highest BCUT2D eigenvalue weighted by molar-refractivity contribution is 5.89. The summed E-state index contributed by atoms with van der Waals surface area (Å²) < 4.78 is 11.8. The van der Waals surface area contributed by atoms with E-state index in [9.17, 15) is 4.79 Å². The summed E-state index contributed by atoms with van der Waals surface area (Å²) in [7, 11) is 0. The van der Waals surface area contributed by atoms with Gasteiger partial charge in [-0.05, 0) is 25.5 Å². The van der Waals surface area contributed by atoms with Crippen LogP contribution < -0.4 is 0 Å². The van der Waals surface area contributed by atoms with E-state index in [0.717, 1.165) is 12.0 Å². The lowest BCUT2D eigenvalue weighted by atomic mass is 10.0. The van der Waals surface area contributed by atoms with Crippen LogP contribution in [0.2, 0.25) is 0 Å². The third kappa shape index (κ3) is 3.31. The Morgan fingerprint density at radius 1 is 1.42 bits per heavy atom. The van der Waals surface area contributed by atoms with E-state index >= 15 is 0 Å². The highest BCUT2D eigenvalue weighted by atomic mass is 16.7. The van der Waals surface area contributed by atoms with Gasteiger partial charge in [0.25, 0.3) is 0 Å². The summed E-state index contributed by atoms with van der Waals surface area (Å²) in [5, 5.41) is 0. The first kappa shape index (κ1) is 14.0. The Morgan fingerprint density at radius 2 is 2.16 bits per heavy atom. The van der Waals surface area contributed by atoms with Gasteiger partial charge in [0.1, 0.15) is 0 Å². The van der Waals surface area contributed by atoms with Crippen molar-refractivity contribution in [3.8, 4) is 0 Å². The predicted octanol–water partition coefficient (Wildman–Crippen LogP) is 3.20. The third-order valence-corrected chi connectivity index (χ3v) is 3.23. The second-order valence-electron chi connectivity index (χ2n) is 4.75. The van der Waals surface area contributed by atoms with Gasteiger partial charge in [0.15, 0.2) is 5.78 Å². The van der Waals surface area contributed by atoms with Crippen molar-refractivity contribution in [1.82, 2.24) is 0 Å². The molecule has 3 nitrogen and oxygen atoms in total. The fourth-order valence-electron chi connectivity index (χ4n) is 2.09. The van der Waals surface area contributed by atoms with Gasteiger partial charge in [0.05, 0.1) is 12.7 Å². The van der Waals surface area contributed by atoms with Crippen LogP contribution >= 0.6 is 0 Å². The van der Waals surface area contributed by atoms with Gasteiger partial charge in [-0.25, -0.2) is 0 Å². The minimum Gasteiger partial charge on any atom is -0.343 e. The van der Waals surface area contributed by atoms with Crippen molar-refractivity contribution in [3.63, 3.8) is 0 Å². The Hall–Kier alpha value is -1.45. The van der Waals surface area contributed by atoms with Gasteiger partial charge in [0.2, 0.25) is 5.79 Å². The van der Waals surface area contributed by atoms with E-state index in [1.54, 1.807) is 12.2 Å². The molecule has 0 amide bonds. The van der Waals surface area contributed by atoms with Crippen LogP contribution in [0.1, 0.15) is 32.3 Å². The number of hydrogen-bond acceptors (Lipinski definition) is 3. The molecule has 3 heteroatoms. The number of carbonyl (C=O) groups excluding carboxylic acids is 1. The van der Waals surface area contributed by atoms with Gasteiger partial charge in [0, 0.05) is 12.0 Å². The lowest BCUT2D eigenvalue weighted by Gasteiger charge is -2.38. The highest BCUT2D eigenvalue weighted by Crippen LogP contribution is 2.34. The van der Waals surface area contributed by atoms with Crippen LogP contribution in [0.5, 0.6) is 0 Å². The fourth-order valence-corrected chi connectivity index (χ4v) is 2.09. The van der Waals surface area contributed by atoms with E-state index in [-0.39, 0.29) is 11.9 Å². The van der Waals surface area contributed by atoms with Crippen molar-refractivity contribution in [1.29, 1.82) is 0 Å². The van der Waals surface area contributed by atoms with E-state index in [0.29, 0.717) is 13.0 Å². The molecule has 0 radical (unpaired) electrons. The average Bonchev–Trinajstić information content (AvgIpc) is 2.46. The first-order chi connectivity index (χ1) is 9.16. The lowest BCUT2D eigenvalue weighted by molar-refractivity contribution is -0.270. The summed E-state index contributed by atoms with van der Waals surface area (Å²) in [6.07, 6.45) is 4.76. The van der Waals surface area contributed by atoms with E-state index < -0.39 is 5.79 Å². The van der Waals surface area contributed by atoms with Crippen LogP contribution in [-0.2, 0) is 20.1 Å². The minimum absolute atomic E-state index is 0.0701. The maximum absolute atomic E-state index is 11.5. The predicted molar refractivity (Wildman–Crippen MR) is 73.7 cm³/mol. The Kier molecular flexibility index (Phi) is 4.51. The van der Waals surface area contributed by atoms with Crippen LogP contribution in [0.25, 0.3) is 0 Å². The molecule has 0 spiro atoms. The lowest BCUT2D eigenvalue weighted by Crippen LogP contribution is -2.40. The topological polar surface area (TPSA) is 35.5 Å².